The van der Waals surface area contributed by atoms with Gasteiger partial charge in [0.15, 0.2) is 15.7 Å². The van der Waals surface area contributed by atoms with Gasteiger partial charge in [0.2, 0.25) is 0 Å². The molecule has 178 valence electrons. The fourth-order valence-corrected chi connectivity index (χ4v) is 3.73. The van der Waals surface area contributed by atoms with Gasteiger partial charge in [0.05, 0.1) is 29.2 Å². The summed E-state index contributed by atoms with van der Waals surface area (Å²) in [5.74, 6) is -5.21. The Bertz CT molecular complexity index is 1310. The zero-order chi connectivity index (χ0) is 24.6. The third kappa shape index (κ3) is 5.04. The highest BCUT2D eigenvalue weighted by Crippen LogP contribution is 2.35. The molecule has 0 saturated carbocycles. The first kappa shape index (κ1) is 24.3. The molecule has 3 rings (SSSR count). The zero-order valence-corrected chi connectivity index (χ0v) is 17.4. The van der Waals surface area contributed by atoms with Crippen molar-refractivity contribution in [1.29, 1.82) is 0 Å². The standard InChI is InChI=1S/C17H14F6N6O3S/c1-2-33(31,32)11-3-4-12(29-8-24-7-26-29)27-14(11)10-5-13(30)28(9-25-10)6-16(19,20)15(18)17(21,22)23/h3-5,7-9,15H,2,6H2,1H3. The Morgan fingerprint density at radius 1 is 1.12 bits per heavy atom. The van der Waals surface area contributed by atoms with E-state index in [2.05, 4.69) is 20.1 Å². The van der Waals surface area contributed by atoms with Crippen LogP contribution in [0.1, 0.15) is 6.92 Å². The first-order chi connectivity index (χ1) is 15.3. The van der Waals surface area contributed by atoms with Gasteiger partial charge in [-0.2, -0.15) is 18.3 Å². The van der Waals surface area contributed by atoms with Crippen molar-refractivity contribution in [1.82, 2.24) is 29.3 Å². The Morgan fingerprint density at radius 2 is 1.82 bits per heavy atom. The van der Waals surface area contributed by atoms with Gasteiger partial charge in [-0.3, -0.25) is 9.36 Å². The number of sulfone groups is 1. The van der Waals surface area contributed by atoms with E-state index in [1.165, 1.54) is 36.4 Å². The van der Waals surface area contributed by atoms with Crippen molar-refractivity contribution in [2.45, 2.75) is 36.6 Å². The third-order valence-electron chi connectivity index (χ3n) is 4.37. The zero-order valence-electron chi connectivity index (χ0n) is 16.5. The molecule has 0 saturated heterocycles. The van der Waals surface area contributed by atoms with E-state index >= 15 is 0 Å². The van der Waals surface area contributed by atoms with Crippen LogP contribution in [0, 0.1) is 0 Å². The maximum absolute atomic E-state index is 13.7. The number of pyridine rings is 1. The lowest BCUT2D eigenvalue weighted by Crippen LogP contribution is -2.46. The molecule has 1 unspecified atom stereocenters. The van der Waals surface area contributed by atoms with Crippen LogP contribution >= 0.6 is 0 Å². The average molecular weight is 496 g/mol. The maximum Gasteiger partial charge on any atom is 0.425 e. The Hall–Kier alpha value is -3.30. The highest BCUT2D eigenvalue weighted by Gasteiger charge is 2.57. The fraction of sp³-hybridized carbons (Fsp3) is 0.353. The van der Waals surface area contributed by atoms with Gasteiger partial charge in [0, 0.05) is 6.07 Å². The number of hydrogen-bond donors (Lipinski definition) is 0. The normalized spacial score (nSPS) is 13.8. The van der Waals surface area contributed by atoms with Gasteiger partial charge >= 0.3 is 12.1 Å². The number of aromatic nitrogens is 6. The quantitative estimate of drug-likeness (QED) is 0.461. The lowest BCUT2D eigenvalue weighted by atomic mass is 10.2. The van der Waals surface area contributed by atoms with Crippen LogP contribution in [0.5, 0.6) is 0 Å². The lowest BCUT2D eigenvalue weighted by molar-refractivity contribution is -0.247. The Kier molecular flexibility index (Phi) is 6.32. The Morgan fingerprint density at radius 3 is 2.36 bits per heavy atom. The van der Waals surface area contributed by atoms with Crippen LogP contribution in [-0.4, -0.2) is 61.7 Å². The van der Waals surface area contributed by atoms with Crippen molar-refractivity contribution in [3.63, 3.8) is 0 Å². The summed E-state index contributed by atoms with van der Waals surface area (Å²) in [6.07, 6.45) is -7.45. The van der Waals surface area contributed by atoms with E-state index < -0.39 is 40.2 Å². The van der Waals surface area contributed by atoms with Crippen LogP contribution in [0.25, 0.3) is 17.2 Å². The van der Waals surface area contributed by atoms with Gasteiger partial charge in [-0.05, 0) is 12.1 Å². The second-order valence-corrected chi connectivity index (χ2v) is 8.91. The summed E-state index contributed by atoms with van der Waals surface area (Å²) in [6.45, 7) is -0.585. The van der Waals surface area contributed by atoms with Gasteiger partial charge in [0.25, 0.3) is 11.7 Å². The molecule has 0 aromatic carbocycles. The number of alkyl halides is 6. The van der Waals surface area contributed by atoms with Crippen molar-refractivity contribution >= 4 is 9.84 Å². The fourth-order valence-electron chi connectivity index (χ4n) is 2.70. The van der Waals surface area contributed by atoms with Crippen molar-refractivity contribution in [3.05, 3.63) is 47.5 Å². The molecule has 16 heteroatoms. The molecule has 0 bridgehead atoms. The van der Waals surface area contributed by atoms with Crippen LogP contribution in [0.2, 0.25) is 0 Å². The molecule has 0 fully saturated rings. The minimum Gasteiger partial charge on any atom is -0.293 e. The molecule has 0 N–H and O–H groups in total. The molecule has 0 amide bonds. The van der Waals surface area contributed by atoms with E-state index in [9.17, 15) is 39.6 Å². The van der Waals surface area contributed by atoms with Crippen LogP contribution in [-0.2, 0) is 16.4 Å². The summed E-state index contributed by atoms with van der Waals surface area (Å²) in [5, 5.41) is 3.84. The molecule has 9 nitrogen and oxygen atoms in total. The number of halogens is 6. The van der Waals surface area contributed by atoms with Crippen LogP contribution in [0.4, 0.5) is 26.3 Å². The second-order valence-electron chi connectivity index (χ2n) is 6.67. The van der Waals surface area contributed by atoms with Crippen LogP contribution < -0.4 is 5.56 Å². The molecular weight excluding hydrogens is 482 g/mol. The molecule has 3 aromatic heterocycles. The second kappa shape index (κ2) is 8.57. The number of rotatable bonds is 7. The van der Waals surface area contributed by atoms with E-state index in [-0.39, 0.29) is 32.4 Å². The highest BCUT2D eigenvalue weighted by atomic mass is 32.2. The number of hydrogen-bond acceptors (Lipinski definition) is 7. The minimum absolute atomic E-state index is 0.0804. The van der Waals surface area contributed by atoms with Crippen LogP contribution in [0.3, 0.4) is 0 Å². The van der Waals surface area contributed by atoms with Crippen molar-refractivity contribution < 1.29 is 34.8 Å². The van der Waals surface area contributed by atoms with E-state index in [4.69, 9.17) is 0 Å². The smallest absolute Gasteiger partial charge is 0.293 e. The molecule has 0 aliphatic rings. The van der Waals surface area contributed by atoms with E-state index in [0.29, 0.717) is 12.4 Å². The summed E-state index contributed by atoms with van der Waals surface area (Å²) in [6, 6.07) is 3.09. The van der Waals surface area contributed by atoms with E-state index in [0.717, 1.165) is 0 Å². The lowest BCUT2D eigenvalue weighted by Gasteiger charge is -2.23. The molecule has 0 spiro atoms. The van der Waals surface area contributed by atoms with Gasteiger partial charge in [-0.1, -0.05) is 6.92 Å². The largest absolute Gasteiger partial charge is 0.425 e. The molecule has 0 aliphatic heterocycles. The summed E-state index contributed by atoms with van der Waals surface area (Å²) in [7, 11) is -3.89. The van der Waals surface area contributed by atoms with Gasteiger partial charge in [-0.15, -0.1) is 0 Å². The molecule has 0 aliphatic carbocycles. The monoisotopic (exact) mass is 496 g/mol. The van der Waals surface area contributed by atoms with Gasteiger partial charge in [0.1, 0.15) is 18.3 Å². The molecule has 3 aromatic rings. The Labute approximate surface area is 181 Å². The highest BCUT2D eigenvalue weighted by molar-refractivity contribution is 7.91. The van der Waals surface area contributed by atoms with Crippen molar-refractivity contribution in [2.75, 3.05) is 5.75 Å². The minimum atomic E-state index is -5.84. The van der Waals surface area contributed by atoms with Crippen molar-refractivity contribution in [3.8, 4) is 17.2 Å². The summed E-state index contributed by atoms with van der Waals surface area (Å²) in [5.41, 5.74) is -1.96. The van der Waals surface area contributed by atoms with E-state index in [1.807, 2.05) is 0 Å². The topological polar surface area (TPSA) is 113 Å². The first-order valence-corrected chi connectivity index (χ1v) is 10.7. The maximum atomic E-state index is 13.7. The molecule has 3 heterocycles. The van der Waals surface area contributed by atoms with Gasteiger partial charge in [-0.25, -0.2) is 41.2 Å². The van der Waals surface area contributed by atoms with E-state index in [1.54, 1.807) is 0 Å². The first-order valence-electron chi connectivity index (χ1n) is 9.00. The summed E-state index contributed by atoms with van der Waals surface area (Å²) < 4.78 is 104. The average Bonchev–Trinajstić information content (AvgIpc) is 3.28. The molecule has 33 heavy (non-hydrogen) atoms. The molecular formula is C17H14F6N6O3S. The summed E-state index contributed by atoms with van der Waals surface area (Å²) in [4.78, 5) is 23.5. The Balaban J connectivity index is 2.07. The predicted octanol–water partition coefficient (Wildman–Crippen LogP) is 2.22. The molecule has 1 atom stereocenters. The van der Waals surface area contributed by atoms with Gasteiger partial charge < -0.3 is 0 Å². The third-order valence-corrected chi connectivity index (χ3v) is 6.13. The number of nitrogens with zero attached hydrogens (tertiary/aromatic N) is 6. The summed E-state index contributed by atoms with van der Waals surface area (Å²) >= 11 is 0. The molecule has 0 radical (unpaired) electrons. The van der Waals surface area contributed by atoms with Crippen molar-refractivity contribution in [2.24, 2.45) is 0 Å². The van der Waals surface area contributed by atoms with Crippen LogP contribution in [0.15, 0.2) is 46.9 Å². The SMILES string of the molecule is CCS(=O)(=O)c1ccc(-n2cncn2)nc1-c1cc(=O)n(CC(F)(F)C(F)C(F)(F)F)cn1. The predicted molar refractivity (Wildman–Crippen MR) is 100 cm³/mol.